The molecule has 1 saturated heterocycles. The van der Waals surface area contributed by atoms with Gasteiger partial charge in [-0.15, -0.1) is 0 Å². The number of nitrogen functional groups attached to an aromatic ring is 1. The van der Waals surface area contributed by atoms with E-state index in [4.69, 9.17) is 10.5 Å². The molecule has 0 radical (unpaired) electrons. The molecule has 2 aromatic rings. The Balaban J connectivity index is 1.88. The number of H-pyrrole nitrogens is 1. The van der Waals surface area contributed by atoms with Gasteiger partial charge < -0.3 is 25.9 Å². The lowest BCUT2D eigenvalue weighted by Gasteiger charge is -2.36. The third kappa shape index (κ3) is 2.59. The lowest BCUT2D eigenvalue weighted by Crippen LogP contribution is -2.54. The van der Waals surface area contributed by atoms with Gasteiger partial charge in [0.1, 0.15) is 0 Å². The van der Waals surface area contributed by atoms with E-state index in [0.29, 0.717) is 37.3 Å². The number of hydrogen-bond acceptors (Lipinski definition) is 4. The van der Waals surface area contributed by atoms with Crippen molar-refractivity contribution >= 4 is 22.5 Å². The van der Waals surface area contributed by atoms with E-state index in [2.05, 4.69) is 10.3 Å². The molecule has 3 rings (SSSR count). The van der Waals surface area contributed by atoms with Gasteiger partial charge in [0.25, 0.3) is 5.91 Å². The summed E-state index contributed by atoms with van der Waals surface area (Å²) in [5.41, 5.74) is 7.20. The highest BCUT2D eigenvalue weighted by molar-refractivity contribution is 6.07. The number of aromatic amines is 1. The van der Waals surface area contributed by atoms with Crippen LogP contribution in [0, 0.1) is 0 Å². The molecule has 0 unspecified atom stereocenters. The van der Waals surface area contributed by atoms with Crippen molar-refractivity contribution in [3.8, 4) is 0 Å². The number of aliphatic hydroxyl groups excluding tert-OH is 1. The minimum Gasteiger partial charge on any atom is -0.399 e. The number of rotatable bonds is 3. The van der Waals surface area contributed by atoms with Crippen molar-refractivity contribution in [3.05, 3.63) is 30.0 Å². The van der Waals surface area contributed by atoms with Crippen LogP contribution in [0.25, 0.3) is 10.9 Å². The molecule has 1 amide bonds. The number of aromatic nitrogens is 1. The summed E-state index contributed by atoms with van der Waals surface area (Å²) in [7, 11) is 0. The number of nitrogens with two attached hydrogens (primary N) is 1. The third-order valence-corrected chi connectivity index (χ3v) is 4.08. The molecule has 1 aromatic carbocycles. The molecule has 1 aliphatic rings. The second-order valence-corrected chi connectivity index (χ2v) is 5.51. The summed E-state index contributed by atoms with van der Waals surface area (Å²) in [6.07, 6.45) is 2.89. The van der Waals surface area contributed by atoms with Gasteiger partial charge in [-0.1, -0.05) is 0 Å². The molecule has 5 N–H and O–H groups in total. The molecule has 6 nitrogen and oxygen atoms in total. The van der Waals surface area contributed by atoms with E-state index in [1.54, 1.807) is 18.3 Å². The highest BCUT2D eigenvalue weighted by Gasteiger charge is 2.34. The summed E-state index contributed by atoms with van der Waals surface area (Å²) in [4.78, 5) is 15.6. The van der Waals surface area contributed by atoms with Crippen LogP contribution in [0.3, 0.4) is 0 Å². The summed E-state index contributed by atoms with van der Waals surface area (Å²) in [6, 6.07) is 5.41. The molecular formula is C15H19N3O3. The van der Waals surface area contributed by atoms with Gasteiger partial charge in [-0.25, -0.2) is 0 Å². The summed E-state index contributed by atoms with van der Waals surface area (Å²) in [5, 5.41) is 13.4. The number of carbonyl (C=O) groups excluding carboxylic acids is 1. The lowest BCUT2D eigenvalue weighted by molar-refractivity contribution is 0.0126. The molecule has 1 aliphatic heterocycles. The number of hydrogen-bond donors (Lipinski definition) is 4. The molecule has 0 atom stereocenters. The Bertz CT molecular complexity index is 659. The highest BCUT2D eigenvalue weighted by Crippen LogP contribution is 2.24. The molecule has 0 spiro atoms. The van der Waals surface area contributed by atoms with Crippen LogP contribution in [0.4, 0.5) is 5.69 Å². The van der Waals surface area contributed by atoms with E-state index in [0.717, 1.165) is 10.9 Å². The molecule has 2 heterocycles. The summed E-state index contributed by atoms with van der Waals surface area (Å²) in [5.74, 6) is -0.206. The third-order valence-electron chi connectivity index (χ3n) is 4.08. The Morgan fingerprint density at radius 3 is 2.90 bits per heavy atom. The van der Waals surface area contributed by atoms with Crippen LogP contribution >= 0.6 is 0 Å². The van der Waals surface area contributed by atoms with E-state index in [1.165, 1.54) is 0 Å². The van der Waals surface area contributed by atoms with Crippen LogP contribution in [0.1, 0.15) is 23.2 Å². The van der Waals surface area contributed by atoms with Crippen molar-refractivity contribution in [3.63, 3.8) is 0 Å². The van der Waals surface area contributed by atoms with Crippen LogP contribution in [-0.2, 0) is 4.74 Å². The molecular weight excluding hydrogens is 270 g/mol. The molecule has 0 bridgehead atoms. The number of benzene rings is 1. The Kier molecular flexibility index (Phi) is 3.57. The number of ether oxygens (including phenoxy) is 1. The quantitative estimate of drug-likeness (QED) is 0.634. The van der Waals surface area contributed by atoms with Gasteiger partial charge in [-0.05, 0) is 31.0 Å². The van der Waals surface area contributed by atoms with Crippen LogP contribution in [-0.4, -0.2) is 41.4 Å². The minimum atomic E-state index is -0.598. The number of aliphatic hydroxyl groups is 1. The van der Waals surface area contributed by atoms with E-state index in [-0.39, 0.29) is 12.5 Å². The molecule has 1 aromatic heterocycles. The lowest BCUT2D eigenvalue weighted by atomic mass is 9.90. The summed E-state index contributed by atoms with van der Waals surface area (Å²) >= 11 is 0. The Morgan fingerprint density at radius 1 is 1.43 bits per heavy atom. The van der Waals surface area contributed by atoms with Crippen LogP contribution in [0.2, 0.25) is 0 Å². The minimum absolute atomic E-state index is 0.0907. The zero-order valence-electron chi connectivity index (χ0n) is 11.7. The first-order chi connectivity index (χ1) is 10.1. The molecule has 0 saturated carbocycles. The first-order valence-corrected chi connectivity index (χ1v) is 7.01. The van der Waals surface area contributed by atoms with Gasteiger partial charge in [-0.3, -0.25) is 4.79 Å². The fraction of sp³-hybridized carbons (Fsp3) is 0.400. The number of nitrogens with one attached hydrogen (secondary N) is 2. The molecule has 0 aliphatic carbocycles. The predicted octanol–water partition coefficient (Wildman–Crippen LogP) is 1.02. The Hall–Kier alpha value is -2.05. The van der Waals surface area contributed by atoms with Gasteiger partial charge in [0.2, 0.25) is 0 Å². The number of amides is 1. The predicted molar refractivity (Wildman–Crippen MR) is 80.0 cm³/mol. The second kappa shape index (κ2) is 5.38. The zero-order valence-corrected chi connectivity index (χ0v) is 11.7. The fourth-order valence-electron chi connectivity index (χ4n) is 2.72. The largest absolute Gasteiger partial charge is 0.399 e. The zero-order chi connectivity index (χ0) is 14.9. The Morgan fingerprint density at radius 2 is 2.19 bits per heavy atom. The normalized spacial score (nSPS) is 17.8. The van der Waals surface area contributed by atoms with Crippen LogP contribution < -0.4 is 11.1 Å². The van der Waals surface area contributed by atoms with Crippen molar-refractivity contribution in [2.75, 3.05) is 25.6 Å². The monoisotopic (exact) mass is 289 g/mol. The first kappa shape index (κ1) is 13.9. The SMILES string of the molecule is Nc1ccc2[nH]cc(C(=O)NC3(CO)CCOCC3)c2c1. The van der Waals surface area contributed by atoms with Crippen molar-refractivity contribution < 1.29 is 14.6 Å². The smallest absolute Gasteiger partial charge is 0.253 e. The van der Waals surface area contributed by atoms with E-state index in [1.807, 2.05) is 6.07 Å². The van der Waals surface area contributed by atoms with E-state index in [9.17, 15) is 9.90 Å². The van der Waals surface area contributed by atoms with Gasteiger partial charge >= 0.3 is 0 Å². The molecule has 1 fully saturated rings. The number of carbonyl (C=O) groups is 1. The van der Waals surface area contributed by atoms with Gasteiger partial charge in [-0.2, -0.15) is 0 Å². The number of fused-ring (bicyclic) bond motifs is 1. The van der Waals surface area contributed by atoms with Crippen molar-refractivity contribution in [1.82, 2.24) is 10.3 Å². The topological polar surface area (TPSA) is 100 Å². The maximum atomic E-state index is 12.5. The summed E-state index contributed by atoms with van der Waals surface area (Å²) in [6.45, 7) is 0.996. The maximum Gasteiger partial charge on any atom is 0.253 e. The van der Waals surface area contributed by atoms with Gasteiger partial charge in [0.15, 0.2) is 0 Å². The van der Waals surface area contributed by atoms with Crippen LogP contribution in [0.5, 0.6) is 0 Å². The average molecular weight is 289 g/mol. The molecule has 21 heavy (non-hydrogen) atoms. The highest BCUT2D eigenvalue weighted by atomic mass is 16.5. The van der Waals surface area contributed by atoms with Gasteiger partial charge in [0, 0.05) is 36.0 Å². The van der Waals surface area contributed by atoms with E-state index < -0.39 is 5.54 Å². The van der Waals surface area contributed by atoms with E-state index >= 15 is 0 Å². The van der Waals surface area contributed by atoms with Gasteiger partial charge in [0.05, 0.1) is 17.7 Å². The van der Waals surface area contributed by atoms with Crippen molar-refractivity contribution in [2.45, 2.75) is 18.4 Å². The Labute approximate surface area is 122 Å². The van der Waals surface area contributed by atoms with Crippen molar-refractivity contribution in [2.24, 2.45) is 0 Å². The van der Waals surface area contributed by atoms with Crippen molar-refractivity contribution in [1.29, 1.82) is 0 Å². The second-order valence-electron chi connectivity index (χ2n) is 5.51. The standard InChI is InChI=1S/C15H19N3O3/c16-10-1-2-13-11(7-10)12(8-17-13)14(20)18-15(9-19)3-5-21-6-4-15/h1-2,7-8,17,19H,3-6,9,16H2,(H,18,20). The number of anilines is 1. The summed E-state index contributed by atoms with van der Waals surface area (Å²) < 4.78 is 5.30. The molecule has 6 heteroatoms. The maximum absolute atomic E-state index is 12.5. The van der Waals surface area contributed by atoms with Crippen LogP contribution in [0.15, 0.2) is 24.4 Å². The first-order valence-electron chi connectivity index (χ1n) is 7.01. The fourth-order valence-corrected chi connectivity index (χ4v) is 2.72. The average Bonchev–Trinajstić information content (AvgIpc) is 2.91. The molecule has 112 valence electrons.